The average Bonchev–Trinajstić information content (AvgIpc) is 2.78. The Kier molecular flexibility index (Phi) is 3.43. The second-order valence-electron chi connectivity index (χ2n) is 4.57. The molecule has 16 heavy (non-hydrogen) atoms. The third-order valence-corrected chi connectivity index (χ3v) is 3.19. The number of piperidine rings is 1. The maximum Gasteiger partial charge on any atom is 0.318 e. The first kappa shape index (κ1) is 11.4. The first-order valence-corrected chi connectivity index (χ1v) is 6.04. The molecule has 0 amide bonds. The van der Waals surface area contributed by atoms with E-state index in [2.05, 4.69) is 22.0 Å². The molecule has 5 nitrogen and oxygen atoms in total. The molecule has 1 aromatic heterocycles. The van der Waals surface area contributed by atoms with Crippen LogP contribution in [0.15, 0.2) is 4.42 Å². The van der Waals surface area contributed by atoms with Crippen LogP contribution in [0.1, 0.15) is 45.0 Å². The van der Waals surface area contributed by atoms with Gasteiger partial charge in [0, 0.05) is 13.1 Å². The Morgan fingerprint density at radius 1 is 1.56 bits per heavy atom. The van der Waals surface area contributed by atoms with Gasteiger partial charge in [0.1, 0.15) is 0 Å². The molecule has 1 aromatic rings. The third-order valence-electron chi connectivity index (χ3n) is 3.19. The summed E-state index contributed by atoms with van der Waals surface area (Å²) < 4.78 is 5.56. The van der Waals surface area contributed by atoms with Crippen LogP contribution in [0.5, 0.6) is 0 Å². The third kappa shape index (κ3) is 2.35. The van der Waals surface area contributed by atoms with Gasteiger partial charge in [-0.05, 0) is 25.7 Å². The monoisotopic (exact) mass is 224 g/mol. The van der Waals surface area contributed by atoms with Crippen LogP contribution in [0.2, 0.25) is 0 Å². The molecule has 2 N–H and O–H groups in total. The van der Waals surface area contributed by atoms with Crippen LogP contribution in [0.4, 0.5) is 6.01 Å². The summed E-state index contributed by atoms with van der Waals surface area (Å²) in [6.45, 7) is 6.12. The molecule has 5 heteroatoms. The van der Waals surface area contributed by atoms with E-state index < -0.39 is 0 Å². The standard InChI is InChI=1S/C11H20N4O/c1-3-9-5-4-6-15(7-9)11-14-13-10(16-11)8(2)12/h8-9H,3-7,12H2,1-2H3. The van der Waals surface area contributed by atoms with E-state index in [-0.39, 0.29) is 6.04 Å². The van der Waals surface area contributed by atoms with Crippen molar-refractivity contribution in [1.82, 2.24) is 10.2 Å². The molecule has 2 atom stereocenters. The highest BCUT2D eigenvalue weighted by Gasteiger charge is 2.23. The van der Waals surface area contributed by atoms with Gasteiger partial charge in [0.15, 0.2) is 0 Å². The number of aromatic nitrogens is 2. The van der Waals surface area contributed by atoms with Crippen LogP contribution >= 0.6 is 0 Å². The minimum Gasteiger partial charge on any atom is -0.406 e. The van der Waals surface area contributed by atoms with Crippen molar-refractivity contribution >= 4 is 6.01 Å². The van der Waals surface area contributed by atoms with Gasteiger partial charge in [-0.15, -0.1) is 5.10 Å². The topological polar surface area (TPSA) is 68.2 Å². The van der Waals surface area contributed by atoms with Crippen LogP contribution in [-0.4, -0.2) is 23.3 Å². The summed E-state index contributed by atoms with van der Waals surface area (Å²) in [5, 5.41) is 8.02. The number of hydrogen-bond donors (Lipinski definition) is 1. The summed E-state index contributed by atoms with van der Waals surface area (Å²) in [5.74, 6) is 1.27. The molecule has 0 bridgehead atoms. The lowest BCUT2D eigenvalue weighted by atomic mass is 9.96. The normalized spacial score (nSPS) is 23.4. The predicted molar refractivity (Wildman–Crippen MR) is 62.1 cm³/mol. The van der Waals surface area contributed by atoms with Gasteiger partial charge in [-0.25, -0.2) is 0 Å². The smallest absolute Gasteiger partial charge is 0.318 e. The lowest BCUT2D eigenvalue weighted by molar-refractivity contribution is 0.375. The summed E-state index contributed by atoms with van der Waals surface area (Å²) >= 11 is 0. The Morgan fingerprint density at radius 3 is 3.00 bits per heavy atom. The minimum atomic E-state index is -0.187. The maximum absolute atomic E-state index is 5.70. The van der Waals surface area contributed by atoms with E-state index in [4.69, 9.17) is 10.2 Å². The van der Waals surface area contributed by atoms with Crippen molar-refractivity contribution in [1.29, 1.82) is 0 Å². The minimum absolute atomic E-state index is 0.187. The van der Waals surface area contributed by atoms with Crippen molar-refractivity contribution in [3.8, 4) is 0 Å². The summed E-state index contributed by atoms with van der Waals surface area (Å²) in [6.07, 6.45) is 3.72. The molecule has 2 unspecified atom stereocenters. The predicted octanol–water partition coefficient (Wildman–Crippen LogP) is 1.72. The second-order valence-corrected chi connectivity index (χ2v) is 4.57. The number of rotatable bonds is 3. The van der Waals surface area contributed by atoms with E-state index in [0.717, 1.165) is 19.0 Å². The van der Waals surface area contributed by atoms with Gasteiger partial charge in [0.2, 0.25) is 5.89 Å². The Hall–Kier alpha value is -1.10. The van der Waals surface area contributed by atoms with Crippen molar-refractivity contribution in [3.63, 3.8) is 0 Å². The number of hydrogen-bond acceptors (Lipinski definition) is 5. The Morgan fingerprint density at radius 2 is 2.38 bits per heavy atom. The molecule has 0 aliphatic carbocycles. The molecule has 1 saturated heterocycles. The van der Waals surface area contributed by atoms with Gasteiger partial charge >= 0.3 is 6.01 Å². The summed E-state index contributed by atoms with van der Waals surface area (Å²) in [6, 6.07) is 0.443. The first-order chi connectivity index (χ1) is 7.70. The number of nitrogens with zero attached hydrogens (tertiary/aromatic N) is 3. The summed E-state index contributed by atoms with van der Waals surface area (Å²) in [7, 11) is 0. The van der Waals surface area contributed by atoms with E-state index in [1.165, 1.54) is 19.3 Å². The van der Waals surface area contributed by atoms with Crippen molar-refractivity contribution in [2.75, 3.05) is 18.0 Å². The molecule has 0 spiro atoms. The first-order valence-electron chi connectivity index (χ1n) is 6.04. The van der Waals surface area contributed by atoms with Crippen LogP contribution in [0, 0.1) is 5.92 Å². The van der Waals surface area contributed by atoms with Crippen LogP contribution in [-0.2, 0) is 0 Å². The Bertz CT molecular complexity index is 336. The molecule has 0 saturated carbocycles. The van der Waals surface area contributed by atoms with Crippen LogP contribution < -0.4 is 10.6 Å². The molecule has 2 heterocycles. The maximum atomic E-state index is 5.70. The van der Waals surface area contributed by atoms with Gasteiger partial charge in [-0.2, -0.15) is 0 Å². The van der Waals surface area contributed by atoms with Gasteiger partial charge in [-0.3, -0.25) is 0 Å². The van der Waals surface area contributed by atoms with Gasteiger partial charge in [0.05, 0.1) is 6.04 Å². The van der Waals surface area contributed by atoms with Crippen molar-refractivity contribution in [2.45, 2.75) is 39.2 Å². The average molecular weight is 224 g/mol. The molecule has 0 aromatic carbocycles. The van der Waals surface area contributed by atoms with Crippen molar-refractivity contribution in [2.24, 2.45) is 11.7 Å². The largest absolute Gasteiger partial charge is 0.406 e. The zero-order valence-corrected chi connectivity index (χ0v) is 10.0. The quantitative estimate of drug-likeness (QED) is 0.846. The summed E-state index contributed by atoms with van der Waals surface area (Å²) in [5.41, 5.74) is 5.70. The molecule has 90 valence electrons. The molecule has 1 fully saturated rings. The van der Waals surface area contributed by atoms with Gasteiger partial charge in [-0.1, -0.05) is 18.4 Å². The van der Waals surface area contributed by atoms with E-state index in [1.807, 2.05) is 6.92 Å². The molecular weight excluding hydrogens is 204 g/mol. The van der Waals surface area contributed by atoms with Crippen molar-refractivity contribution < 1.29 is 4.42 Å². The van der Waals surface area contributed by atoms with Gasteiger partial charge < -0.3 is 15.1 Å². The second kappa shape index (κ2) is 4.82. The Balaban J connectivity index is 2.05. The zero-order valence-electron chi connectivity index (χ0n) is 10.0. The fourth-order valence-corrected chi connectivity index (χ4v) is 2.11. The summed E-state index contributed by atoms with van der Waals surface area (Å²) in [4.78, 5) is 2.18. The Labute approximate surface area is 96.0 Å². The van der Waals surface area contributed by atoms with Crippen LogP contribution in [0.25, 0.3) is 0 Å². The lowest BCUT2D eigenvalue weighted by Crippen LogP contribution is -2.35. The molecule has 2 rings (SSSR count). The van der Waals surface area contributed by atoms with Crippen LogP contribution in [0.3, 0.4) is 0 Å². The zero-order chi connectivity index (χ0) is 11.5. The lowest BCUT2D eigenvalue weighted by Gasteiger charge is -2.30. The molecular formula is C11H20N4O. The number of anilines is 1. The fourth-order valence-electron chi connectivity index (χ4n) is 2.11. The van der Waals surface area contributed by atoms with E-state index in [9.17, 15) is 0 Å². The molecule has 1 aliphatic rings. The van der Waals surface area contributed by atoms with E-state index in [1.54, 1.807) is 0 Å². The van der Waals surface area contributed by atoms with E-state index in [0.29, 0.717) is 11.9 Å². The highest BCUT2D eigenvalue weighted by atomic mass is 16.4. The molecule has 1 aliphatic heterocycles. The van der Waals surface area contributed by atoms with E-state index >= 15 is 0 Å². The molecule has 0 radical (unpaired) electrons. The SMILES string of the molecule is CCC1CCCN(c2nnc(C(C)N)o2)C1. The van der Waals surface area contributed by atoms with Gasteiger partial charge in [0.25, 0.3) is 0 Å². The highest BCUT2D eigenvalue weighted by molar-refractivity contribution is 5.25. The number of nitrogens with two attached hydrogens (primary N) is 1. The van der Waals surface area contributed by atoms with Crippen molar-refractivity contribution in [3.05, 3.63) is 5.89 Å². The highest BCUT2D eigenvalue weighted by Crippen LogP contribution is 2.24. The fraction of sp³-hybridized carbons (Fsp3) is 0.818.